The van der Waals surface area contributed by atoms with Crippen LogP contribution in [0.5, 0.6) is 0 Å². The molecule has 0 aliphatic heterocycles. The Morgan fingerprint density at radius 1 is 1.50 bits per heavy atom. The molecular weight excluding hydrogens is 226 g/mol. The lowest BCUT2D eigenvalue weighted by Crippen LogP contribution is -2.40. The number of nitrogens with one attached hydrogen (secondary N) is 2. The van der Waals surface area contributed by atoms with Crippen LogP contribution in [0.4, 0.5) is 5.69 Å². The summed E-state index contributed by atoms with van der Waals surface area (Å²) in [6.45, 7) is 4.89. The normalized spacial score (nSPS) is 16.8. The second kappa shape index (κ2) is 4.96. The molecule has 1 heterocycles. The van der Waals surface area contributed by atoms with Gasteiger partial charge in [-0.05, 0) is 31.2 Å². The van der Waals surface area contributed by atoms with Crippen LogP contribution in [-0.2, 0) is 0 Å². The first kappa shape index (κ1) is 12.9. The van der Waals surface area contributed by atoms with Gasteiger partial charge < -0.3 is 10.6 Å². The summed E-state index contributed by atoms with van der Waals surface area (Å²) in [5.41, 5.74) is 2.65. The average molecular weight is 247 g/mol. The molecule has 4 nitrogen and oxygen atoms in total. The number of aryl methyl sites for hydroxylation is 1. The fourth-order valence-corrected chi connectivity index (χ4v) is 2.29. The first-order chi connectivity index (χ1) is 8.54. The fourth-order valence-electron chi connectivity index (χ4n) is 2.29. The number of carbonyl (C=O) groups excluding carboxylic acids is 1. The van der Waals surface area contributed by atoms with E-state index < -0.39 is 0 Å². The van der Waals surface area contributed by atoms with Crippen LogP contribution >= 0.6 is 0 Å². The van der Waals surface area contributed by atoms with Crippen molar-refractivity contribution in [1.29, 1.82) is 0 Å². The van der Waals surface area contributed by atoms with E-state index in [2.05, 4.69) is 22.5 Å². The van der Waals surface area contributed by atoms with Gasteiger partial charge >= 0.3 is 0 Å². The molecule has 2 N–H and O–H groups in total. The zero-order chi connectivity index (χ0) is 13.2. The molecule has 0 unspecified atom stereocenters. The van der Waals surface area contributed by atoms with Gasteiger partial charge in [0.2, 0.25) is 0 Å². The molecule has 18 heavy (non-hydrogen) atoms. The van der Waals surface area contributed by atoms with E-state index in [0.717, 1.165) is 17.9 Å². The third kappa shape index (κ3) is 2.63. The number of hydrogen-bond acceptors (Lipinski definition) is 3. The largest absolute Gasteiger partial charge is 0.387 e. The number of carbonyl (C=O) groups is 1. The molecule has 2 rings (SSSR count). The van der Waals surface area contributed by atoms with E-state index >= 15 is 0 Å². The molecule has 1 aromatic heterocycles. The number of nitrogens with zero attached hydrogens (tertiary/aromatic N) is 1. The molecule has 1 aliphatic carbocycles. The Morgan fingerprint density at radius 2 is 2.22 bits per heavy atom. The average Bonchev–Trinajstić information content (AvgIpc) is 2.33. The minimum atomic E-state index is -0.0417. The molecule has 0 radical (unpaired) electrons. The summed E-state index contributed by atoms with van der Waals surface area (Å²) in [6.07, 6.45) is 5.33. The molecule has 0 aromatic carbocycles. The van der Waals surface area contributed by atoms with Crippen molar-refractivity contribution in [3.8, 4) is 0 Å². The van der Waals surface area contributed by atoms with Gasteiger partial charge in [0.25, 0.3) is 5.91 Å². The number of aromatic nitrogens is 1. The number of anilines is 1. The van der Waals surface area contributed by atoms with E-state index in [9.17, 15) is 4.79 Å². The summed E-state index contributed by atoms with van der Waals surface area (Å²) in [4.78, 5) is 16.3. The van der Waals surface area contributed by atoms with Crippen molar-refractivity contribution >= 4 is 11.6 Å². The van der Waals surface area contributed by atoms with Gasteiger partial charge in [0.1, 0.15) is 0 Å². The maximum absolute atomic E-state index is 12.1. The van der Waals surface area contributed by atoms with Gasteiger partial charge in [-0.25, -0.2) is 0 Å². The molecule has 1 amide bonds. The zero-order valence-corrected chi connectivity index (χ0v) is 11.3. The van der Waals surface area contributed by atoms with Gasteiger partial charge in [0, 0.05) is 25.5 Å². The smallest absolute Gasteiger partial charge is 0.254 e. The molecule has 1 aliphatic rings. The number of amides is 1. The maximum atomic E-state index is 12.1. The monoisotopic (exact) mass is 247 g/mol. The van der Waals surface area contributed by atoms with E-state index in [0.29, 0.717) is 11.0 Å². The Balaban J connectivity index is 2.04. The third-order valence-corrected chi connectivity index (χ3v) is 3.79. The number of rotatable bonds is 4. The Labute approximate surface area is 108 Å². The highest BCUT2D eigenvalue weighted by molar-refractivity contribution is 5.99. The van der Waals surface area contributed by atoms with Crippen molar-refractivity contribution in [3.05, 3.63) is 23.5 Å². The first-order valence-corrected chi connectivity index (χ1v) is 6.47. The molecule has 0 atom stereocenters. The fraction of sp³-hybridized carbons (Fsp3) is 0.571. The van der Waals surface area contributed by atoms with Crippen molar-refractivity contribution in [2.45, 2.75) is 33.1 Å². The van der Waals surface area contributed by atoms with Crippen LogP contribution in [0.3, 0.4) is 0 Å². The predicted molar refractivity (Wildman–Crippen MR) is 72.8 cm³/mol. The highest BCUT2D eigenvalue weighted by Crippen LogP contribution is 2.39. The number of pyridine rings is 1. The standard InChI is InChI=1S/C14H21N3O/c1-10-7-12(15-3)11(8-16-10)13(18)17-9-14(2)5-4-6-14/h7-8H,4-6,9H2,1-3H3,(H,15,16)(H,17,18). The van der Waals surface area contributed by atoms with Gasteiger partial charge in [-0.1, -0.05) is 13.3 Å². The first-order valence-electron chi connectivity index (χ1n) is 6.47. The van der Waals surface area contributed by atoms with Crippen LogP contribution in [0.15, 0.2) is 12.3 Å². The van der Waals surface area contributed by atoms with Gasteiger partial charge in [0.05, 0.1) is 11.3 Å². The van der Waals surface area contributed by atoms with Crippen LogP contribution in [0.2, 0.25) is 0 Å². The SMILES string of the molecule is CNc1cc(C)ncc1C(=O)NCC1(C)CCC1. The zero-order valence-electron chi connectivity index (χ0n) is 11.3. The van der Waals surface area contributed by atoms with E-state index in [1.165, 1.54) is 19.3 Å². The van der Waals surface area contributed by atoms with Gasteiger partial charge in [0.15, 0.2) is 0 Å². The maximum Gasteiger partial charge on any atom is 0.254 e. The summed E-state index contributed by atoms with van der Waals surface area (Å²) >= 11 is 0. The summed E-state index contributed by atoms with van der Waals surface area (Å²) in [5.74, 6) is -0.0417. The molecule has 98 valence electrons. The summed E-state index contributed by atoms with van der Waals surface area (Å²) in [5, 5.41) is 6.06. The molecular formula is C14H21N3O. The minimum absolute atomic E-state index is 0.0417. The third-order valence-electron chi connectivity index (χ3n) is 3.79. The molecule has 1 fully saturated rings. The van der Waals surface area contributed by atoms with Crippen molar-refractivity contribution in [1.82, 2.24) is 10.3 Å². The van der Waals surface area contributed by atoms with E-state index in [4.69, 9.17) is 0 Å². The van der Waals surface area contributed by atoms with Gasteiger partial charge in [-0.2, -0.15) is 0 Å². The van der Waals surface area contributed by atoms with Crippen molar-refractivity contribution in [3.63, 3.8) is 0 Å². The summed E-state index contributed by atoms with van der Waals surface area (Å²) in [7, 11) is 1.82. The van der Waals surface area contributed by atoms with Crippen molar-refractivity contribution in [2.75, 3.05) is 18.9 Å². The lowest BCUT2D eigenvalue weighted by atomic mass is 9.70. The van der Waals surface area contributed by atoms with Gasteiger partial charge in [-0.3, -0.25) is 9.78 Å². The predicted octanol–water partition coefficient (Wildman–Crippen LogP) is 2.35. The van der Waals surface area contributed by atoms with Crippen molar-refractivity contribution < 1.29 is 4.79 Å². The Bertz CT molecular complexity index is 452. The molecule has 4 heteroatoms. The molecule has 1 saturated carbocycles. The van der Waals surface area contributed by atoms with Crippen LogP contribution in [0, 0.1) is 12.3 Å². The Kier molecular flexibility index (Phi) is 3.55. The lowest BCUT2D eigenvalue weighted by molar-refractivity contribution is 0.0891. The van der Waals surface area contributed by atoms with E-state index in [-0.39, 0.29) is 5.91 Å². The Morgan fingerprint density at radius 3 is 2.78 bits per heavy atom. The molecule has 1 aromatic rings. The highest BCUT2D eigenvalue weighted by atomic mass is 16.1. The second-order valence-electron chi connectivity index (χ2n) is 5.47. The Hall–Kier alpha value is -1.58. The second-order valence-corrected chi connectivity index (χ2v) is 5.47. The summed E-state index contributed by atoms with van der Waals surface area (Å²) < 4.78 is 0. The number of hydrogen-bond donors (Lipinski definition) is 2. The van der Waals surface area contributed by atoms with E-state index in [1.54, 1.807) is 6.20 Å². The molecule has 0 saturated heterocycles. The van der Waals surface area contributed by atoms with Gasteiger partial charge in [-0.15, -0.1) is 0 Å². The highest BCUT2D eigenvalue weighted by Gasteiger charge is 2.32. The lowest BCUT2D eigenvalue weighted by Gasteiger charge is -2.38. The van der Waals surface area contributed by atoms with E-state index in [1.807, 2.05) is 20.0 Å². The van der Waals surface area contributed by atoms with Crippen LogP contribution < -0.4 is 10.6 Å². The quantitative estimate of drug-likeness (QED) is 0.858. The topological polar surface area (TPSA) is 54.0 Å². The minimum Gasteiger partial charge on any atom is -0.387 e. The van der Waals surface area contributed by atoms with Crippen molar-refractivity contribution in [2.24, 2.45) is 5.41 Å². The summed E-state index contributed by atoms with van der Waals surface area (Å²) in [6, 6.07) is 1.89. The molecule has 0 spiro atoms. The van der Waals surface area contributed by atoms with Crippen LogP contribution in [0.1, 0.15) is 42.2 Å². The van der Waals surface area contributed by atoms with Crippen LogP contribution in [-0.4, -0.2) is 24.5 Å². The van der Waals surface area contributed by atoms with Crippen LogP contribution in [0.25, 0.3) is 0 Å². The molecule has 0 bridgehead atoms.